The molecule has 3 aromatic rings. The van der Waals surface area contributed by atoms with Crippen molar-refractivity contribution < 1.29 is 14.3 Å². The number of hydrogen-bond donors (Lipinski definition) is 1. The van der Waals surface area contributed by atoms with E-state index in [1.807, 2.05) is 65.8 Å². The summed E-state index contributed by atoms with van der Waals surface area (Å²) >= 11 is 0. The third-order valence-corrected chi connectivity index (χ3v) is 5.05. The summed E-state index contributed by atoms with van der Waals surface area (Å²) in [6.07, 6.45) is 1.35. The SMILES string of the molecule is Cc1cccc2c(-c3ccc4c(n3)C(C)(C)NC4=O)cn(C(=O)OC(C)(C)C)c12. The number of benzene rings is 1. The minimum absolute atomic E-state index is 0.115. The summed E-state index contributed by atoms with van der Waals surface area (Å²) in [5, 5.41) is 3.87. The molecule has 6 heteroatoms. The fourth-order valence-corrected chi connectivity index (χ4v) is 3.80. The predicted octanol–water partition coefficient (Wildman–Crippen LogP) is 4.77. The van der Waals surface area contributed by atoms with Crippen molar-refractivity contribution in [2.24, 2.45) is 0 Å². The number of aryl methyl sites for hydroxylation is 1. The van der Waals surface area contributed by atoms with E-state index < -0.39 is 17.2 Å². The van der Waals surface area contributed by atoms with E-state index in [9.17, 15) is 9.59 Å². The summed E-state index contributed by atoms with van der Waals surface area (Å²) in [6, 6.07) is 9.53. The van der Waals surface area contributed by atoms with Crippen LogP contribution in [0.5, 0.6) is 0 Å². The minimum Gasteiger partial charge on any atom is -0.443 e. The fraction of sp³-hybridized carbons (Fsp3) is 0.348. The van der Waals surface area contributed by atoms with Gasteiger partial charge in [-0.15, -0.1) is 0 Å². The molecule has 0 radical (unpaired) electrons. The average Bonchev–Trinajstić information content (AvgIpc) is 3.10. The van der Waals surface area contributed by atoms with Gasteiger partial charge in [0.05, 0.1) is 28.0 Å². The van der Waals surface area contributed by atoms with Crippen LogP contribution in [0.3, 0.4) is 0 Å². The van der Waals surface area contributed by atoms with Crippen LogP contribution < -0.4 is 5.32 Å². The van der Waals surface area contributed by atoms with E-state index in [0.29, 0.717) is 17.0 Å². The molecule has 4 rings (SSSR count). The van der Waals surface area contributed by atoms with E-state index in [0.717, 1.165) is 22.0 Å². The van der Waals surface area contributed by atoms with E-state index in [-0.39, 0.29) is 5.91 Å². The first kappa shape index (κ1) is 19.2. The van der Waals surface area contributed by atoms with Crippen LogP contribution in [-0.2, 0) is 10.3 Å². The zero-order valence-electron chi connectivity index (χ0n) is 17.6. The van der Waals surface area contributed by atoms with E-state index >= 15 is 0 Å². The zero-order valence-corrected chi connectivity index (χ0v) is 17.6. The lowest BCUT2D eigenvalue weighted by atomic mass is 9.99. The van der Waals surface area contributed by atoms with Gasteiger partial charge in [-0.25, -0.2) is 9.78 Å². The molecule has 1 N–H and O–H groups in total. The molecule has 0 spiro atoms. The summed E-state index contributed by atoms with van der Waals surface area (Å²) in [5.41, 5.74) is 3.47. The molecule has 0 bridgehead atoms. The molecule has 1 aromatic carbocycles. The van der Waals surface area contributed by atoms with Crippen molar-refractivity contribution in [3.05, 3.63) is 53.3 Å². The van der Waals surface area contributed by atoms with Gasteiger partial charge in [-0.2, -0.15) is 0 Å². The van der Waals surface area contributed by atoms with Crippen molar-refractivity contribution in [1.29, 1.82) is 0 Å². The smallest absolute Gasteiger partial charge is 0.419 e. The molecular weight excluding hydrogens is 366 g/mol. The van der Waals surface area contributed by atoms with Crippen LogP contribution in [0.2, 0.25) is 0 Å². The predicted molar refractivity (Wildman–Crippen MR) is 112 cm³/mol. The number of fused-ring (bicyclic) bond motifs is 2. The third-order valence-electron chi connectivity index (χ3n) is 5.05. The molecule has 1 aliphatic rings. The van der Waals surface area contributed by atoms with Crippen LogP contribution in [0, 0.1) is 6.92 Å². The van der Waals surface area contributed by atoms with Gasteiger partial charge in [0.25, 0.3) is 5.91 Å². The van der Waals surface area contributed by atoms with Gasteiger partial charge >= 0.3 is 6.09 Å². The van der Waals surface area contributed by atoms with Crippen molar-refractivity contribution in [3.63, 3.8) is 0 Å². The second kappa shape index (κ2) is 6.17. The monoisotopic (exact) mass is 391 g/mol. The first-order chi connectivity index (χ1) is 13.5. The van der Waals surface area contributed by atoms with E-state index in [4.69, 9.17) is 9.72 Å². The molecule has 2 aromatic heterocycles. The summed E-state index contributed by atoms with van der Waals surface area (Å²) in [6.45, 7) is 11.4. The highest BCUT2D eigenvalue weighted by atomic mass is 16.6. The number of carbonyl (C=O) groups is 2. The Kier molecular flexibility index (Phi) is 4.08. The second-order valence-electron chi connectivity index (χ2n) is 9.04. The van der Waals surface area contributed by atoms with Crippen LogP contribution in [-0.4, -0.2) is 27.2 Å². The minimum atomic E-state index is -0.599. The summed E-state index contributed by atoms with van der Waals surface area (Å²) in [7, 11) is 0. The Morgan fingerprint density at radius 1 is 1.14 bits per heavy atom. The fourth-order valence-electron chi connectivity index (χ4n) is 3.80. The largest absolute Gasteiger partial charge is 0.443 e. The van der Waals surface area contributed by atoms with Crippen molar-refractivity contribution in [3.8, 4) is 11.3 Å². The maximum atomic E-state index is 12.9. The number of ether oxygens (including phenoxy) is 1. The maximum Gasteiger partial charge on any atom is 0.419 e. The van der Waals surface area contributed by atoms with E-state index in [1.54, 1.807) is 16.8 Å². The number of para-hydroxylation sites is 1. The summed E-state index contributed by atoms with van der Waals surface area (Å²) in [4.78, 5) is 29.9. The molecule has 6 nitrogen and oxygen atoms in total. The Morgan fingerprint density at radius 2 is 1.86 bits per heavy atom. The van der Waals surface area contributed by atoms with Crippen molar-refractivity contribution in [2.45, 2.75) is 52.7 Å². The van der Waals surface area contributed by atoms with Crippen LogP contribution in [0.4, 0.5) is 4.79 Å². The molecule has 0 aliphatic carbocycles. The number of hydrogen-bond acceptors (Lipinski definition) is 4. The molecule has 0 fully saturated rings. The van der Waals surface area contributed by atoms with Gasteiger partial charge < -0.3 is 10.1 Å². The average molecular weight is 391 g/mol. The van der Waals surface area contributed by atoms with Crippen LogP contribution in [0.15, 0.2) is 36.5 Å². The van der Waals surface area contributed by atoms with Crippen molar-refractivity contribution >= 4 is 22.9 Å². The Balaban J connectivity index is 1.92. The first-order valence-electron chi connectivity index (χ1n) is 9.66. The molecule has 3 heterocycles. The maximum absolute atomic E-state index is 12.9. The Labute approximate surface area is 169 Å². The number of nitrogens with zero attached hydrogens (tertiary/aromatic N) is 2. The van der Waals surface area contributed by atoms with Gasteiger partial charge in [-0.3, -0.25) is 9.36 Å². The van der Waals surface area contributed by atoms with E-state index in [1.165, 1.54) is 0 Å². The van der Waals surface area contributed by atoms with E-state index in [2.05, 4.69) is 5.32 Å². The number of pyridine rings is 1. The first-order valence-corrected chi connectivity index (χ1v) is 9.66. The van der Waals surface area contributed by atoms with Crippen LogP contribution >= 0.6 is 0 Å². The highest BCUT2D eigenvalue weighted by Gasteiger charge is 2.37. The summed E-state index contributed by atoms with van der Waals surface area (Å²) < 4.78 is 7.16. The number of aromatic nitrogens is 2. The molecular formula is C23H25N3O3. The molecule has 1 amide bonds. The van der Waals surface area contributed by atoms with Crippen LogP contribution in [0.25, 0.3) is 22.2 Å². The highest BCUT2D eigenvalue weighted by Crippen LogP contribution is 2.35. The molecule has 0 unspecified atom stereocenters. The summed E-state index contributed by atoms with van der Waals surface area (Å²) in [5.74, 6) is -0.115. The lowest BCUT2D eigenvalue weighted by Crippen LogP contribution is -2.33. The normalized spacial score (nSPS) is 15.3. The third kappa shape index (κ3) is 3.18. The number of carbonyl (C=O) groups excluding carboxylic acids is 2. The van der Waals surface area contributed by atoms with Gasteiger partial charge in [0.15, 0.2) is 0 Å². The molecule has 1 aliphatic heterocycles. The van der Waals surface area contributed by atoms with Gasteiger partial charge in [0, 0.05) is 17.1 Å². The Hall–Kier alpha value is -3.15. The molecule has 0 saturated carbocycles. The van der Waals surface area contributed by atoms with Gasteiger partial charge in [0.2, 0.25) is 0 Å². The topological polar surface area (TPSA) is 73.2 Å². The second-order valence-corrected chi connectivity index (χ2v) is 9.04. The number of nitrogens with one attached hydrogen (secondary N) is 1. The molecule has 29 heavy (non-hydrogen) atoms. The van der Waals surface area contributed by atoms with Crippen molar-refractivity contribution in [2.75, 3.05) is 0 Å². The lowest BCUT2D eigenvalue weighted by molar-refractivity contribution is 0.0544. The number of amides is 1. The van der Waals surface area contributed by atoms with Crippen LogP contribution in [0.1, 0.15) is 56.2 Å². The molecule has 0 saturated heterocycles. The lowest BCUT2D eigenvalue weighted by Gasteiger charge is -2.20. The molecule has 150 valence electrons. The highest BCUT2D eigenvalue weighted by molar-refractivity contribution is 6.03. The zero-order chi connectivity index (χ0) is 21.1. The number of rotatable bonds is 1. The van der Waals surface area contributed by atoms with Gasteiger partial charge in [0.1, 0.15) is 5.60 Å². The van der Waals surface area contributed by atoms with Crippen molar-refractivity contribution in [1.82, 2.24) is 14.9 Å². The Morgan fingerprint density at radius 3 is 2.55 bits per heavy atom. The van der Waals surface area contributed by atoms with Gasteiger partial charge in [-0.05, 0) is 59.2 Å². The quantitative estimate of drug-likeness (QED) is 0.648. The van der Waals surface area contributed by atoms with Gasteiger partial charge in [-0.1, -0.05) is 18.2 Å². The molecule has 0 atom stereocenters. The standard InChI is InChI=1S/C23H25N3O3/c1-13-8-7-9-14-16(12-26(18(13)14)21(28)29-22(2,3)4)17-11-10-15-19(24-17)23(5,6)25-20(15)27/h7-12H,1-6H3,(H,25,27). The Bertz CT molecular complexity index is 1170.